The minimum atomic E-state index is -3.30. The lowest BCUT2D eigenvalue weighted by molar-refractivity contribution is 0.319. The first kappa shape index (κ1) is 21.3. The minimum absolute atomic E-state index is 0.276. The molecule has 1 N–H and O–H groups in total. The molecule has 4 aromatic rings. The lowest BCUT2D eigenvalue weighted by Crippen LogP contribution is -2.02. The van der Waals surface area contributed by atoms with Crippen LogP contribution in [-0.4, -0.2) is 35.4 Å². The van der Waals surface area contributed by atoms with E-state index in [1.807, 2.05) is 42.5 Å². The predicted octanol–water partition coefficient (Wildman–Crippen LogP) is 5.52. The monoisotopic (exact) mass is 471 g/mol. The molecule has 0 spiro atoms. The van der Waals surface area contributed by atoms with Gasteiger partial charge in [-0.15, -0.1) is 11.3 Å². The summed E-state index contributed by atoms with van der Waals surface area (Å²) in [4.78, 5) is 2.10. The van der Waals surface area contributed by atoms with Crippen molar-refractivity contribution in [3.63, 3.8) is 0 Å². The van der Waals surface area contributed by atoms with Crippen molar-refractivity contribution in [2.24, 2.45) is 5.16 Å². The molecule has 0 aliphatic heterocycles. The molecular formula is C22H18ClN3O3S2. The molecule has 0 saturated heterocycles. The molecule has 0 radical (unpaired) electrons. The van der Waals surface area contributed by atoms with E-state index in [1.165, 1.54) is 17.6 Å². The Bertz CT molecular complexity index is 1400. The van der Waals surface area contributed by atoms with E-state index in [9.17, 15) is 13.6 Å². The van der Waals surface area contributed by atoms with Gasteiger partial charge in [0.2, 0.25) is 0 Å². The van der Waals surface area contributed by atoms with Crippen molar-refractivity contribution in [3.05, 3.63) is 77.4 Å². The van der Waals surface area contributed by atoms with Crippen LogP contribution < -0.4 is 0 Å². The van der Waals surface area contributed by atoms with E-state index in [0.29, 0.717) is 22.1 Å². The van der Waals surface area contributed by atoms with Gasteiger partial charge in [-0.05, 0) is 55.0 Å². The summed E-state index contributed by atoms with van der Waals surface area (Å²) >= 11 is 7.91. The van der Waals surface area contributed by atoms with Gasteiger partial charge in [-0.25, -0.2) is 13.1 Å². The van der Waals surface area contributed by atoms with Crippen LogP contribution in [0.3, 0.4) is 0 Å². The molecule has 0 bridgehead atoms. The average Bonchev–Trinajstić information content (AvgIpc) is 3.40. The van der Waals surface area contributed by atoms with Gasteiger partial charge in [-0.2, -0.15) is 5.10 Å². The Labute approximate surface area is 189 Å². The number of aromatic nitrogens is 2. The second kappa shape index (κ2) is 8.30. The molecule has 158 valence electrons. The predicted molar refractivity (Wildman–Crippen MR) is 124 cm³/mol. The summed E-state index contributed by atoms with van der Waals surface area (Å²) in [5, 5.41) is 17.6. The van der Waals surface area contributed by atoms with Crippen molar-refractivity contribution in [1.29, 1.82) is 0 Å². The van der Waals surface area contributed by atoms with Gasteiger partial charge >= 0.3 is 0 Å². The molecule has 0 saturated carbocycles. The molecular weight excluding hydrogens is 454 g/mol. The maximum Gasteiger partial charge on any atom is 0.175 e. The van der Waals surface area contributed by atoms with E-state index in [-0.39, 0.29) is 4.90 Å². The fourth-order valence-corrected chi connectivity index (χ4v) is 4.99. The lowest BCUT2D eigenvalue weighted by Gasteiger charge is -2.08. The number of halogens is 1. The summed E-state index contributed by atoms with van der Waals surface area (Å²) in [7, 11) is -3.30. The van der Waals surface area contributed by atoms with Crippen LogP contribution in [0.15, 0.2) is 76.8 Å². The van der Waals surface area contributed by atoms with E-state index < -0.39 is 9.84 Å². The van der Waals surface area contributed by atoms with E-state index in [4.69, 9.17) is 11.6 Å². The summed E-state index contributed by atoms with van der Waals surface area (Å²) in [5.74, 6) is 0. The van der Waals surface area contributed by atoms with Crippen molar-refractivity contribution < 1.29 is 13.6 Å². The highest BCUT2D eigenvalue weighted by Gasteiger charge is 2.18. The number of hydrogen-bond donors (Lipinski definition) is 1. The third-order valence-electron chi connectivity index (χ3n) is 4.72. The summed E-state index contributed by atoms with van der Waals surface area (Å²) in [6.07, 6.45) is 1.20. The topological polar surface area (TPSA) is 84.5 Å². The molecule has 2 aromatic heterocycles. The molecule has 4 rings (SSSR count). The summed E-state index contributed by atoms with van der Waals surface area (Å²) < 4.78 is 25.6. The Hall–Kier alpha value is -2.94. The fourth-order valence-electron chi connectivity index (χ4n) is 3.10. The molecule has 31 heavy (non-hydrogen) atoms. The van der Waals surface area contributed by atoms with Gasteiger partial charge < -0.3 is 5.21 Å². The van der Waals surface area contributed by atoms with Gasteiger partial charge in [0, 0.05) is 11.1 Å². The number of nitrogens with zero attached hydrogens (tertiary/aromatic N) is 3. The van der Waals surface area contributed by atoms with Gasteiger partial charge in [-0.3, -0.25) is 0 Å². The van der Waals surface area contributed by atoms with Crippen LogP contribution in [0.1, 0.15) is 12.6 Å². The van der Waals surface area contributed by atoms with Crippen LogP contribution >= 0.6 is 22.9 Å². The quantitative estimate of drug-likeness (QED) is 0.236. The van der Waals surface area contributed by atoms with Crippen molar-refractivity contribution in [1.82, 2.24) is 9.78 Å². The Morgan fingerprint density at radius 2 is 1.81 bits per heavy atom. The molecule has 2 aromatic carbocycles. The summed E-state index contributed by atoms with van der Waals surface area (Å²) in [6, 6.07) is 20.0. The Morgan fingerprint density at radius 3 is 2.52 bits per heavy atom. The Balaban J connectivity index is 1.84. The van der Waals surface area contributed by atoms with Gasteiger partial charge in [0.15, 0.2) is 9.84 Å². The first-order valence-corrected chi connectivity index (χ1v) is 12.3. The normalized spacial score (nSPS) is 12.3. The summed E-state index contributed by atoms with van der Waals surface area (Å²) in [5.41, 5.74) is 3.19. The summed E-state index contributed by atoms with van der Waals surface area (Å²) in [6.45, 7) is 1.67. The number of para-hydroxylation sites is 1. The Morgan fingerprint density at radius 1 is 1.06 bits per heavy atom. The minimum Gasteiger partial charge on any atom is -0.411 e. The molecule has 0 amide bonds. The SMILES string of the molecule is CC(=NO)c1cc(-c2ccc(-c3cccc(S(C)(=O)=O)c3)s2)n(-c2ccccc2Cl)n1. The maximum absolute atomic E-state index is 11.9. The smallest absolute Gasteiger partial charge is 0.175 e. The highest BCUT2D eigenvalue weighted by atomic mass is 35.5. The molecule has 0 atom stereocenters. The second-order valence-corrected chi connectivity index (χ2v) is 10.4. The van der Waals surface area contributed by atoms with E-state index in [2.05, 4.69) is 10.3 Å². The third kappa shape index (κ3) is 4.27. The fraction of sp³-hybridized carbons (Fsp3) is 0.0909. The maximum atomic E-state index is 11.9. The largest absolute Gasteiger partial charge is 0.411 e. The standard InChI is InChI=1S/C22H18ClN3O3S2/c1-14(25-27)18-13-20(26(24-18)19-9-4-3-8-17(19)23)22-11-10-21(30-22)15-6-5-7-16(12-15)31(2,28)29/h3-13,27H,1-2H3. The number of benzene rings is 2. The van der Waals surface area contributed by atoms with Crippen LogP contribution in [-0.2, 0) is 9.84 Å². The van der Waals surface area contributed by atoms with Crippen molar-refractivity contribution in [3.8, 4) is 26.7 Å². The van der Waals surface area contributed by atoms with Gasteiger partial charge in [0.25, 0.3) is 0 Å². The highest BCUT2D eigenvalue weighted by molar-refractivity contribution is 7.90. The Kier molecular flexibility index (Phi) is 5.70. The number of rotatable bonds is 5. The molecule has 9 heteroatoms. The first-order valence-electron chi connectivity index (χ1n) is 9.22. The zero-order valence-electron chi connectivity index (χ0n) is 16.7. The van der Waals surface area contributed by atoms with Crippen LogP contribution in [0, 0.1) is 0 Å². The molecule has 0 aliphatic rings. The highest BCUT2D eigenvalue weighted by Crippen LogP contribution is 2.37. The number of hydrogen-bond acceptors (Lipinski definition) is 6. The molecule has 0 fully saturated rings. The second-order valence-electron chi connectivity index (χ2n) is 6.93. The van der Waals surface area contributed by atoms with Gasteiger partial charge in [0.05, 0.1) is 26.2 Å². The van der Waals surface area contributed by atoms with Gasteiger partial charge in [-0.1, -0.05) is 41.0 Å². The van der Waals surface area contributed by atoms with Crippen LogP contribution in [0.25, 0.3) is 26.7 Å². The van der Waals surface area contributed by atoms with Gasteiger partial charge in [0.1, 0.15) is 11.4 Å². The van der Waals surface area contributed by atoms with E-state index in [0.717, 1.165) is 21.0 Å². The third-order valence-corrected chi connectivity index (χ3v) is 7.30. The lowest BCUT2D eigenvalue weighted by atomic mass is 10.2. The molecule has 0 unspecified atom stereocenters. The number of thiophene rings is 1. The van der Waals surface area contributed by atoms with Crippen LogP contribution in [0.5, 0.6) is 0 Å². The first-order chi connectivity index (χ1) is 14.8. The van der Waals surface area contributed by atoms with E-state index >= 15 is 0 Å². The molecule has 0 aliphatic carbocycles. The molecule has 2 heterocycles. The zero-order valence-corrected chi connectivity index (χ0v) is 19.0. The van der Waals surface area contributed by atoms with E-state index in [1.54, 1.807) is 35.9 Å². The number of sulfone groups is 1. The van der Waals surface area contributed by atoms with Crippen molar-refractivity contribution in [2.75, 3.05) is 6.26 Å². The van der Waals surface area contributed by atoms with Crippen molar-refractivity contribution >= 4 is 38.5 Å². The zero-order chi connectivity index (χ0) is 22.2. The average molecular weight is 472 g/mol. The number of oxime groups is 1. The van der Waals surface area contributed by atoms with Crippen LogP contribution in [0.2, 0.25) is 5.02 Å². The van der Waals surface area contributed by atoms with Crippen molar-refractivity contribution in [2.45, 2.75) is 11.8 Å². The molecule has 6 nitrogen and oxygen atoms in total. The van der Waals surface area contributed by atoms with Crippen LogP contribution in [0.4, 0.5) is 0 Å².